The van der Waals surface area contributed by atoms with Gasteiger partial charge in [-0.05, 0) is 19.3 Å². The van der Waals surface area contributed by atoms with E-state index < -0.39 is 6.10 Å². The maximum Gasteiger partial charge on any atom is 0.306 e. The molecule has 0 aromatic heterocycles. The molecule has 0 aliphatic carbocycles. The van der Waals surface area contributed by atoms with Crippen LogP contribution in [0.2, 0.25) is 0 Å². The fraction of sp³-hybridized carbons (Fsp3) is 0.733. The lowest BCUT2D eigenvalue weighted by Gasteiger charge is -2.17. The molecule has 0 fully saturated rings. The number of unbranched alkanes of at least 4 members (excludes halogenated alkanes) is 15. The molecular weight excluding hydrogens is 408 g/mol. The molecule has 3 heteroatoms. The first-order chi connectivity index (χ1) is 16.2. The van der Waals surface area contributed by atoms with Crippen molar-refractivity contribution in [2.75, 3.05) is 0 Å². The van der Waals surface area contributed by atoms with Crippen LogP contribution in [-0.4, -0.2) is 17.9 Å². The number of esters is 1. The molecular formula is C30H50O3. The molecule has 0 aliphatic rings. The normalized spacial score (nSPS) is 11.9. The zero-order chi connectivity index (χ0) is 24.0. The van der Waals surface area contributed by atoms with Crippen LogP contribution in [0.1, 0.15) is 146 Å². The molecule has 1 unspecified atom stereocenters. The minimum Gasteiger partial charge on any atom is -0.454 e. The molecule has 0 bridgehead atoms. The van der Waals surface area contributed by atoms with Crippen LogP contribution < -0.4 is 0 Å². The van der Waals surface area contributed by atoms with E-state index >= 15 is 0 Å². The first kappa shape index (κ1) is 29.4. The van der Waals surface area contributed by atoms with Gasteiger partial charge in [0, 0.05) is 12.0 Å². The van der Waals surface area contributed by atoms with Crippen molar-refractivity contribution in [2.24, 2.45) is 0 Å². The summed E-state index contributed by atoms with van der Waals surface area (Å²) in [7, 11) is 0. The Morgan fingerprint density at radius 2 is 1.09 bits per heavy atom. The zero-order valence-corrected chi connectivity index (χ0v) is 21.6. The molecule has 0 radical (unpaired) electrons. The van der Waals surface area contributed by atoms with Crippen LogP contribution in [0.3, 0.4) is 0 Å². The van der Waals surface area contributed by atoms with Gasteiger partial charge < -0.3 is 4.74 Å². The van der Waals surface area contributed by atoms with Crippen molar-refractivity contribution in [1.82, 2.24) is 0 Å². The average molecular weight is 459 g/mol. The Morgan fingerprint density at radius 1 is 0.636 bits per heavy atom. The van der Waals surface area contributed by atoms with Gasteiger partial charge >= 0.3 is 5.97 Å². The van der Waals surface area contributed by atoms with Gasteiger partial charge in [-0.3, -0.25) is 9.59 Å². The van der Waals surface area contributed by atoms with E-state index in [1.165, 1.54) is 83.5 Å². The fourth-order valence-corrected chi connectivity index (χ4v) is 4.28. The third kappa shape index (κ3) is 15.8. The maximum atomic E-state index is 12.7. The van der Waals surface area contributed by atoms with Crippen LogP contribution in [0.25, 0.3) is 0 Å². The second kappa shape index (κ2) is 20.9. The number of rotatable bonds is 22. The molecule has 0 amide bonds. The van der Waals surface area contributed by atoms with E-state index in [1.807, 2.05) is 18.2 Å². The summed E-state index contributed by atoms with van der Waals surface area (Å²) in [6.45, 7) is 4.36. The molecule has 1 atom stereocenters. The molecule has 1 aromatic rings. The van der Waals surface area contributed by atoms with E-state index in [-0.39, 0.29) is 11.8 Å². The summed E-state index contributed by atoms with van der Waals surface area (Å²) >= 11 is 0. The van der Waals surface area contributed by atoms with E-state index in [2.05, 4.69) is 13.8 Å². The van der Waals surface area contributed by atoms with Crippen LogP contribution in [-0.2, 0) is 9.53 Å². The molecule has 1 aromatic carbocycles. The Hall–Kier alpha value is -1.64. The first-order valence-electron chi connectivity index (χ1n) is 14.0. The number of carbonyl (C=O) groups excluding carboxylic acids is 2. The molecule has 1 rings (SSSR count). The van der Waals surface area contributed by atoms with E-state index in [0.717, 1.165) is 25.7 Å². The first-order valence-corrected chi connectivity index (χ1v) is 14.0. The molecule has 188 valence electrons. The molecule has 0 spiro atoms. The standard InChI is InChI=1S/C30H50O3/c1-3-5-7-8-9-10-11-12-13-14-15-16-17-18-22-26-29(31)33-28(25-6-4-2)30(32)27-23-20-19-21-24-27/h19-21,23-24,28H,3-18,22,25-26H2,1-2H3. The van der Waals surface area contributed by atoms with E-state index in [4.69, 9.17) is 4.74 Å². The van der Waals surface area contributed by atoms with Crippen LogP contribution in [0.5, 0.6) is 0 Å². The monoisotopic (exact) mass is 458 g/mol. The molecule has 0 saturated carbocycles. The molecule has 0 N–H and O–H groups in total. The van der Waals surface area contributed by atoms with Gasteiger partial charge in [0.05, 0.1) is 0 Å². The second-order valence-corrected chi connectivity index (χ2v) is 9.55. The van der Waals surface area contributed by atoms with Crippen molar-refractivity contribution in [3.05, 3.63) is 35.9 Å². The summed E-state index contributed by atoms with van der Waals surface area (Å²) < 4.78 is 5.60. The predicted molar refractivity (Wildman–Crippen MR) is 140 cm³/mol. The molecule has 0 heterocycles. The zero-order valence-electron chi connectivity index (χ0n) is 21.6. The van der Waals surface area contributed by atoms with Crippen molar-refractivity contribution < 1.29 is 14.3 Å². The Bertz CT molecular complexity index is 596. The largest absolute Gasteiger partial charge is 0.454 e. The summed E-state index contributed by atoms with van der Waals surface area (Å²) in [6, 6.07) is 9.18. The summed E-state index contributed by atoms with van der Waals surface area (Å²) in [5, 5.41) is 0. The Kier molecular flexibility index (Phi) is 18.6. The minimum atomic E-state index is -0.642. The number of hydrogen-bond acceptors (Lipinski definition) is 3. The highest BCUT2D eigenvalue weighted by Crippen LogP contribution is 2.16. The average Bonchev–Trinajstić information content (AvgIpc) is 2.84. The van der Waals surface area contributed by atoms with Gasteiger partial charge in [0.1, 0.15) is 0 Å². The molecule has 0 aliphatic heterocycles. The van der Waals surface area contributed by atoms with Crippen molar-refractivity contribution in [1.29, 1.82) is 0 Å². The number of hydrogen-bond donors (Lipinski definition) is 0. The topological polar surface area (TPSA) is 43.4 Å². The number of ether oxygens (including phenoxy) is 1. The lowest BCUT2D eigenvalue weighted by molar-refractivity contribution is -0.147. The maximum absolute atomic E-state index is 12.7. The van der Waals surface area contributed by atoms with Gasteiger partial charge in [0.15, 0.2) is 6.10 Å². The van der Waals surface area contributed by atoms with Gasteiger partial charge in [-0.25, -0.2) is 0 Å². The smallest absolute Gasteiger partial charge is 0.306 e. The third-order valence-electron chi connectivity index (χ3n) is 6.43. The fourth-order valence-electron chi connectivity index (χ4n) is 4.28. The van der Waals surface area contributed by atoms with Crippen molar-refractivity contribution in [2.45, 2.75) is 142 Å². The van der Waals surface area contributed by atoms with Crippen LogP contribution in [0.15, 0.2) is 30.3 Å². The van der Waals surface area contributed by atoms with E-state index in [0.29, 0.717) is 18.4 Å². The van der Waals surface area contributed by atoms with Gasteiger partial charge in [0.25, 0.3) is 0 Å². The van der Waals surface area contributed by atoms with E-state index in [9.17, 15) is 9.59 Å². The van der Waals surface area contributed by atoms with Gasteiger partial charge in [-0.2, -0.15) is 0 Å². The summed E-state index contributed by atoms with van der Waals surface area (Å²) in [5.41, 5.74) is 0.623. The number of carbonyl (C=O) groups is 2. The highest BCUT2D eigenvalue weighted by molar-refractivity contribution is 6.00. The number of benzene rings is 1. The Labute approximate surface area is 204 Å². The Balaban J connectivity index is 2.05. The van der Waals surface area contributed by atoms with E-state index in [1.54, 1.807) is 12.1 Å². The molecule has 33 heavy (non-hydrogen) atoms. The van der Waals surface area contributed by atoms with Gasteiger partial charge in [0.2, 0.25) is 5.78 Å². The van der Waals surface area contributed by atoms with Crippen molar-refractivity contribution in [3.63, 3.8) is 0 Å². The summed E-state index contributed by atoms with van der Waals surface area (Å²) in [6.07, 6.45) is 21.8. The van der Waals surface area contributed by atoms with Crippen LogP contribution in [0.4, 0.5) is 0 Å². The van der Waals surface area contributed by atoms with Gasteiger partial charge in [-0.15, -0.1) is 0 Å². The molecule has 3 nitrogen and oxygen atoms in total. The predicted octanol–water partition coefficient (Wildman–Crippen LogP) is 9.23. The summed E-state index contributed by atoms with van der Waals surface area (Å²) in [5.74, 6) is -0.302. The van der Waals surface area contributed by atoms with Gasteiger partial charge in [-0.1, -0.05) is 140 Å². The summed E-state index contributed by atoms with van der Waals surface area (Å²) in [4.78, 5) is 25.0. The second-order valence-electron chi connectivity index (χ2n) is 9.55. The quantitative estimate of drug-likeness (QED) is 0.0987. The highest BCUT2D eigenvalue weighted by atomic mass is 16.5. The molecule has 0 saturated heterocycles. The lowest BCUT2D eigenvalue weighted by atomic mass is 10.0. The lowest BCUT2D eigenvalue weighted by Crippen LogP contribution is -2.27. The minimum absolute atomic E-state index is 0.0751. The van der Waals surface area contributed by atoms with Crippen molar-refractivity contribution >= 4 is 11.8 Å². The number of Topliss-reactive ketones (excluding diaryl/α,β-unsaturated/α-hetero) is 1. The Morgan fingerprint density at radius 3 is 1.58 bits per heavy atom. The SMILES string of the molecule is CCCCCCCCCCCCCCCCCC(=O)OC(CCCC)C(=O)c1ccccc1. The third-order valence-corrected chi connectivity index (χ3v) is 6.43. The van der Waals surface area contributed by atoms with Crippen LogP contribution in [0, 0.1) is 0 Å². The highest BCUT2D eigenvalue weighted by Gasteiger charge is 2.23. The van der Waals surface area contributed by atoms with Crippen LogP contribution >= 0.6 is 0 Å². The van der Waals surface area contributed by atoms with Crippen molar-refractivity contribution in [3.8, 4) is 0 Å². The number of ketones is 1.